The smallest absolute Gasteiger partial charge is 0.257 e. The van der Waals surface area contributed by atoms with Gasteiger partial charge >= 0.3 is 0 Å². The van der Waals surface area contributed by atoms with Crippen molar-refractivity contribution in [1.29, 1.82) is 0 Å². The average molecular weight is 290 g/mol. The number of alkyl halides is 1. The largest absolute Gasteiger partial charge is 0.357 e. The molecule has 1 fully saturated rings. The molecule has 114 valence electrons. The maximum atomic E-state index is 13.5. The summed E-state index contributed by atoms with van der Waals surface area (Å²) in [5.74, 6) is -0.486. The van der Waals surface area contributed by atoms with Crippen molar-refractivity contribution in [2.75, 3.05) is 0 Å². The molecule has 2 aromatic rings. The summed E-state index contributed by atoms with van der Waals surface area (Å²) in [5.41, 5.74) is 1.64. The summed E-state index contributed by atoms with van der Waals surface area (Å²) in [7, 11) is 0. The zero-order valence-corrected chi connectivity index (χ0v) is 12.9. The molecule has 0 unspecified atom stereocenters. The van der Waals surface area contributed by atoms with Crippen LogP contribution in [-0.2, 0) is 17.8 Å². The first-order valence-corrected chi connectivity index (χ1v) is 7.68. The molecule has 1 amide bonds. The molecule has 0 spiro atoms. The van der Waals surface area contributed by atoms with E-state index in [9.17, 15) is 9.18 Å². The minimum atomic E-state index is -1.60. The van der Waals surface area contributed by atoms with Gasteiger partial charge in [0.05, 0.1) is 6.54 Å². The van der Waals surface area contributed by atoms with E-state index in [0.29, 0.717) is 19.4 Å². The molecular weight excluding hydrogens is 267 g/mol. The summed E-state index contributed by atoms with van der Waals surface area (Å²) in [4.78, 5) is 14.8. The summed E-state index contributed by atoms with van der Waals surface area (Å²) in [5, 5.41) is 3.76. The number of aromatic amines is 1. The number of fused-ring (bicyclic) bond motifs is 1. The van der Waals surface area contributed by atoms with E-state index in [1.54, 1.807) is 0 Å². The molecule has 3 nitrogen and oxygen atoms in total. The molecule has 3 rings (SSSR count). The first-order valence-electron chi connectivity index (χ1n) is 7.68. The lowest BCUT2D eigenvalue weighted by atomic mass is 10.1. The van der Waals surface area contributed by atoms with Crippen LogP contribution >= 0.6 is 0 Å². The average Bonchev–Trinajstić information content (AvgIpc) is 3.14. The highest BCUT2D eigenvalue weighted by atomic mass is 19.1. The minimum Gasteiger partial charge on any atom is -0.357 e. The zero-order chi connectivity index (χ0) is 15.5. The Morgan fingerprint density at radius 2 is 2.05 bits per heavy atom. The minimum absolute atomic E-state index is 0.348. The first-order chi connectivity index (χ1) is 10.1. The molecule has 1 heterocycles. The molecule has 1 aliphatic carbocycles. The Balaban J connectivity index is 0.000000774. The lowest BCUT2D eigenvalue weighted by Gasteiger charge is -2.05. The SMILES string of the molecule is CC.CCc1ccc2cc(CNC(=O)C3(F)CC3)[nH]c2c1. The summed E-state index contributed by atoms with van der Waals surface area (Å²) >= 11 is 0. The second-order valence-electron chi connectivity index (χ2n) is 5.22. The summed E-state index contributed by atoms with van der Waals surface area (Å²) < 4.78 is 13.5. The van der Waals surface area contributed by atoms with Crippen LogP contribution in [0.5, 0.6) is 0 Å². The number of halogens is 1. The molecule has 0 atom stereocenters. The van der Waals surface area contributed by atoms with Crippen molar-refractivity contribution < 1.29 is 9.18 Å². The van der Waals surface area contributed by atoms with Gasteiger partial charge in [-0.3, -0.25) is 4.79 Å². The third kappa shape index (κ3) is 3.43. The molecule has 0 radical (unpaired) electrons. The third-order valence-corrected chi connectivity index (χ3v) is 3.69. The predicted molar refractivity (Wildman–Crippen MR) is 83.9 cm³/mol. The number of carbonyl (C=O) groups excluding carboxylic acids is 1. The van der Waals surface area contributed by atoms with Crippen LogP contribution in [0.4, 0.5) is 4.39 Å². The van der Waals surface area contributed by atoms with Crippen molar-refractivity contribution in [2.24, 2.45) is 0 Å². The maximum Gasteiger partial charge on any atom is 0.257 e. The van der Waals surface area contributed by atoms with E-state index in [1.165, 1.54) is 5.56 Å². The molecular formula is C17H23FN2O. The Labute approximate surface area is 124 Å². The Hall–Kier alpha value is -1.84. The van der Waals surface area contributed by atoms with Crippen LogP contribution < -0.4 is 5.32 Å². The van der Waals surface area contributed by atoms with Crippen LogP contribution in [0.25, 0.3) is 10.9 Å². The standard InChI is InChI=1S/C15H17FN2O.C2H6/c1-2-10-3-4-11-8-12(18-13(11)7-10)9-17-14(19)15(16)5-6-15;1-2/h3-4,7-8,18H,2,5-6,9H2,1H3,(H,17,19);1-2H3. The molecule has 1 aromatic heterocycles. The van der Waals surface area contributed by atoms with Crippen LogP contribution in [0.15, 0.2) is 24.3 Å². The number of nitrogens with one attached hydrogen (secondary N) is 2. The van der Waals surface area contributed by atoms with E-state index in [-0.39, 0.29) is 0 Å². The van der Waals surface area contributed by atoms with Gasteiger partial charge in [-0.25, -0.2) is 4.39 Å². The van der Waals surface area contributed by atoms with Crippen LogP contribution in [0.3, 0.4) is 0 Å². The highest BCUT2D eigenvalue weighted by Gasteiger charge is 2.50. The maximum absolute atomic E-state index is 13.5. The van der Waals surface area contributed by atoms with Crippen LogP contribution in [-0.4, -0.2) is 16.6 Å². The number of benzene rings is 1. The molecule has 2 N–H and O–H groups in total. The molecule has 1 aliphatic rings. The van der Waals surface area contributed by atoms with Gasteiger partial charge in [0.15, 0.2) is 5.67 Å². The van der Waals surface area contributed by atoms with Crippen LogP contribution in [0.1, 0.15) is 44.9 Å². The van der Waals surface area contributed by atoms with Gasteiger partial charge in [0.2, 0.25) is 0 Å². The van der Waals surface area contributed by atoms with E-state index in [2.05, 4.69) is 35.4 Å². The van der Waals surface area contributed by atoms with Crippen LogP contribution in [0.2, 0.25) is 0 Å². The van der Waals surface area contributed by atoms with Gasteiger partial charge in [-0.1, -0.05) is 32.9 Å². The van der Waals surface area contributed by atoms with Crippen molar-refractivity contribution in [2.45, 2.75) is 52.2 Å². The van der Waals surface area contributed by atoms with E-state index in [0.717, 1.165) is 23.0 Å². The molecule has 1 aromatic carbocycles. The lowest BCUT2D eigenvalue weighted by Crippen LogP contribution is -2.32. The highest BCUT2D eigenvalue weighted by Crippen LogP contribution is 2.39. The van der Waals surface area contributed by atoms with Gasteiger partial charge in [0.1, 0.15) is 0 Å². The van der Waals surface area contributed by atoms with Gasteiger partial charge in [-0.05, 0) is 42.3 Å². The second kappa shape index (κ2) is 6.29. The summed E-state index contributed by atoms with van der Waals surface area (Å²) in [6.45, 7) is 6.46. The molecule has 1 saturated carbocycles. The molecule has 4 heteroatoms. The lowest BCUT2D eigenvalue weighted by molar-refractivity contribution is -0.127. The fourth-order valence-corrected chi connectivity index (χ4v) is 2.22. The van der Waals surface area contributed by atoms with Gasteiger partial charge in [0.25, 0.3) is 5.91 Å². The number of amides is 1. The Kier molecular flexibility index (Phi) is 4.66. The van der Waals surface area contributed by atoms with Gasteiger partial charge in [-0.2, -0.15) is 0 Å². The second-order valence-corrected chi connectivity index (χ2v) is 5.22. The van der Waals surface area contributed by atoms with E-state index < -0.39 is 11.6 Å². The number of hydrogen-bond acceptors (Lipinski definition) is 1. The van der Waals surface area contributed by atoms with Gasteiger partial charge < -0.3 is 10.3 Å². The molecule has 0 bridgehead atoms. The summed E-state index contributed by atoms with van der Waals surface area (Å²) in [6.07, 6.45) is 1.70. The fourth-order valence-electron chi connectivity index (χ4n) is 2.22. The molecule has 0 aliphatic heterocycles. The molecule has 0 saturated heterocycles. The normalized spacial score (nSPS) is 15.2. The fraction of sp³-hybridized carbons (Fsp3) is 0.471. The number of hydrogen-bond donors (Lipinski definition) is 2. The van der Waals surface area contributed by atoms with Crippen molar-refractivity contribution in [3.8, 4) is 0 Å². The van der Waals surface area contributed by atoms with E-state index in [1.807, 2.05) is 19.9 Å². The number of carbonyl (C=O) groups is 1. The van der Waals surface area contributed by atoms with Crippen molar-refractivity contribution in [1.82, 2.24) is 10.3 Å². The Morgan fingerprint density at radius 3 is 2.67 bits per heavy atom. The first kappa shape index (κ1) is 15.5. The van der Waals surface area contributed by atoms with E-state index in [4.69, 9.17) is 0 Å². The van der Waals surface area contributed by atoms with Gasteiger partial charge in [0, 0.05) is 11.2 Å². The number of aromatic nitrogens is 1. The monoisotopic (exact) mass is 290 g/mol. The van der Waals surface area contributed by atoms with E-state index >= 15 is 0 Å². The quantitative estimate of drug-likeness (QED) is 0.882. The Bertz CT molecular complexity index is 629. The summed E-state index contributed by atoms with van der Waals surface area (Å²) in [6, 6.07) is 8.26. The predicted octanol–water partition coefficient (Wildman–Crippen LogP) is 3.87. The van der Waals surface area contributed by atoms with Gasteiger partial charge in [-0.15, -0.1) is 0 Å². The number of rotatable bonds is 4. The number of aryl methyl sites for hydroxylation is 1. The topological polar surface area (TPSA) is 44.9 Å². The third-order valence-electron chi connectivity index (χ3n) is 3.69. The van der Waals surface area contributed by atoms with Crippen molar-refractivity contribution in [3.63, 3.8) is 0 Å². The Morgan fingerprint density at radius 1 is 1.33 bits per heavy atom. The number of H-pyrrole nitrogens is 1. The zero-order valence-electron chi connectivity index (χ0n) is 12.9. The highest BCUT2D eigenvalue weighted by molar-refractivity contribution is 5.88. The van der Waals surface area contributed by atoms with Crippen LogP contribution in [0, 0.1) is 0 Å². The molecule has 21 heavy (non-hydrogen) atoms. The van der Waals surface area contributed by atoms with Crippen molar-refractivity contribution in [3.05, 3.63) is 35.5 Å². The van der Waals surface area contributed by atoms with Crippen molar-refractivity contribution >= 4 is 16.8 Å².